The van der Waals surface area contributed by atoms with Gasteiger partial charge in [-0.2, -0.15) is 0 Å². The number of carbonyl (C=O) groups is 1. The zero-order chi connectivity index (χ0) is 16.0. The summed E-state index contributed by atoms with van der Waals surface area (Å²) in [5.74, 6) is 2.25. The maximum Gasteiger partial charge on any atom is 0.227 e. The number of nitrogens with one attached hydrogen (secondary N) is 1. The van der Waals surface area contributed by atoms with Crippen LogP contribution < -0.4 is 14.8 Å². The van der Waals surface area contributed by atoms with Gasteiger partial charge in [0.2, 0.25) is 5.91 Å². The molecule has 23 heavy (non-hydrogen) atoms. The number of piperidine rings is 2. The van der Waals surface area contributed by atoms with Crippen molar-refractivity contribution >= 4 is 5.91 Å². The number of hydrogen-bond donors (Lipinski definition) is 1. The Kier molecular flexibility index (Phi) is 3.68. The van der Waals surface area contributed by atoms with Gasteiger partial charge < -0.3 is 19.7 Å². The molecule has 1 aromatic carbocycles. The monoisotopic (exact) mass is 316 g/mol. The first-order valence-corrected chi connectivity index (χ1v) is 8.52. The summed E-state index contributed by atoms with van der Waals surface area (Å²) in [7, 11) is 3.41. The molecule has 0 saturated carbocycles. The van der Waals surface area contributed by atoms with Gasteiger partial charge in [0.1, 0.15) is 11.5 Å². The molecule has 3 aliphatic heterocycles. The fourth-order valence-corrected chi connectivity index (χ4v) is 4.62. The fraction of sp³-hybridized carbons (Fsp3) is 0.611. The average Bonchev–Trinajstić information content (AvgIpc) is 2.60. The van der Waals surface area contributed by atoms with E-state index >= 15 is 0 Å². The zero-order valence-electron chi connectivity index (χ0n) is 13.8. The van der Waals surface area contributed by atoms with Crippen LogP contribution in [0.25, 0.3) is 0 Å². The standard InChI is InChI=1S/C18H24N2O3/c1-22-15-5-6-16(23-2)17-12(15)7-9-20-14(17)10-13-11(18(20)21)4-3-8-19-13/h5-6,11,13-14,19H,3-4,7-10H2,1-2H3/t11-,13-,14-/m0/s1. The maximum atomic E-state index is 13.0. The lowest BCUT2D eigenvalue weighted by Crippen LogP contribution is -2.57. The van der Waals surface area contributed by atoms with Gasteiger partial charge in [-0.3, -0.25) is 4.79 Å². The van der Waals surface area contributed by atoms with Gasteiger partial charge in [-0.05, 0) is 44.4 Å². The van der Waals surface area contributed by atoms with Crippen molar-refractivity contribution in [3.05, 3.63) is 23.3 Å². The van der Waals surface area contributed by atoms with Crippen LogP contribution in [-0.4, -0.2) is 44.2 Å². The summed E-state index contributed by atoms with van der Waals surface area (Å²) in [4.78, 5) is 15.1. The van der Waals surface area contributed by atoms with Gasteiger partial charge in [-0.15, -0.1) is 0 Å². The van der Waals surface area contributed by atoms with Crippen LogP contribution in [0.1, 0.15) is 36.4 Å². The second kappa shape index (κ2) is 5.71. The van der Waals surface area contributed by atoms with Crippen molar-refractivity contribution < 1.29 is 14.3 Å². The van der Waals surface area contributed by atoms with E-state index in [9.17, 15) is 4.79 Å². The Morgan fingerprint density at radius 1 is 1.22 bits per heavy atom. The molecule has 1 aromatic rings. The van der Waals surface area contributed by atoms with Crippen LogP contribution in [0, 0.1) is 5.92 Å². The van der Waals surface area contributed by atoms with Crippen LogP contribution in [0.3, 0.4) is 0 Å². The van der Waals surface area contributed by atoms with Crippen molar-refractivity contribution in [3.8, 4) is 11.5 Å². The number of hydrogen-bond acceptors (Lipinski definition) is 4. The maximum absolute atomic E-state index is 13.0. The number of methoxy groups -OCH3 is 2. The highest BCUT2D eigenvalue weighted by molar-refractivity contribution is 5.82. The number of ether oxygens (including phenoxy) is 2. The zero-order valence-corrected chi connectivity index (χ0v) is 13.8. The van der Waals surface area contributed by atoms with Crippen LogP contribution >= 0.6 is 0 Å². The number of fused-ring (bicyclic) bond motifs is 4. The van der Waals surface area contributed by atoms with E-state index in [1.807, 2.05) is 12.1 Å². The predicted octanol–water partition coefficient (Wildman–Crippen LogP) is 1.90. The second-order valence-electron chi connectivity index (χ2n) is 6.70. The molecule has 0 spiro atoms. The Balaban J connectivity index is 1.78. The quantitative estimate of drug-likeness (QED) is 0.905. The summed E-state index contributed by atoms with van der Waals surface area (Å²) in [6.07, 6.45) is 3.91. The van der Waals surface area contributed by atoms with Gasteiger partial charge in [0.05, 0.1) is 26.2 Å². The van der Waals surface area contributed by atoms with Crippen LogP contribution in [0.15, 0.2) is 12.1 Å². The highest BCUT2D eigenvalue weighted by Crippen LogP contribution is 2.47. The van der Waals surface area contributed by atoms with Crippen molar-refractivity contribution in [2.45, 2.75) is 37.8 Å². The lowest BCUT2D eigenvalue weighted by molar-refractivity contribution is -0.145. The fourth-order valence-electron chi connectivity index (χ4n) is 4.62. The summed E-state index contributed by atoms with van der Waals surface area (Å²) < 4.78 is 11.2. The summed E-state index contributed by atoms with van der Waals surface area (Å²) in [6.45, 7) is 1.80. The van der Waals surface area contributed by atoms with E-state index in [2.05, 4.69) is 10.2 Å². The Morgan fingerprint density at radius 3 is 2.78 bits per heavy atom. The van der Waals surface area contributed by atoms with E-state index in [0.717, 1.165) is 55.8 Å². The first kappa shape index (κ1) is 14.8. The highest BCUT2D eigenvalue weighted by atomic mass is 16.5. The van der Waals surface area contributed by atoms with Crippen molar-refractivity contribution in [2.24, 2.45) is 5.92 Å². The van der Waals surface area contributed by atoms with Gasteiger partial charge in [-0.1, -0.05) is 0 Å². The van der Waals surface area contributed by atoms with Gasteiger partial charge in [0.15, 0.2) is 0 Å². The minimum absolute atomic E-state index is 0.100. The molecule has 3 heterocycles. The van der Waals surface area contributed by atoms with Crippen molar-refractivity contribution in [1.29, 1.82) is 0 Å². The molecule has 0 unspecified atom stereocenters. The molecule has 124 valence electrons. The second-order valence-corrected chi connectivity index (χ2v) is 6.70. The minimum atomic E-state index is 0.100. The largest absolute Gasteiger partial charge is 0.496 e. The molecule has 0 bridgehead atoms. The smallest absolute Gasteiger partial charge is 0.227 e. The van der Waals surface area contributed by atoms with Crippen LogP contribution in [0.2, 0.25) is 0 Å². The van der Waals surface area contributed by atoms with E-state index in [-0.39, 0.29) is 12.0 Å². The SMILES string of the molecule is COc1ccc(OC)c2c1CCN1C(=O)[C@H]3CCCN[C@H]3C[C@@H]21. The molecular formula is C18H24N2O3. The molecule has 0 aliphatic carbocycles. The summed E-state index contributed by atoms with van der Waals surface area (Å²) in [5, 5.41) is 3.56. The van der Waals surface area contributed by atoms with Crippen molar-refractivity contribution in [1.82, 2.24) is 10.2 Å². The summed E-state index contributed by atoms with van der Waals surface area (Å²) in [5.41, 5.74) is 2.35. The third-order valence-corrected chi connectivity index (χ3v) is 5.69. The predicted molar refractivity (Wildman–Crippen MR) is 86.8 cm³/mol. The summed E-state index contributed by atoms with van der Waals surface area (Å²) in [6, 6.07) is 4.33. The number of nitrogens with zero attached hydrogens (tertiary/aromatic N) is 1. The Labute approximate surface area is 136 Å². The molecule has 5 nitrogen and oxygen atoms in total. The van der Waals surface area contributed by atoms with E-state index in [4.69, 9.17) is 9.47 Å². The van der Waals surface area contributed by atoms with Crippen LogP contribution in [-0.2, 0) is 11.2 Å². The van der Waals surface area contributed by atoms with E-state index in [1.165, 1.54) is 5.56 Å². The van der Waals surface area contributed by atoms with Gasteiger partial charge in [0, 0.05) is 23.7 Å². The molecular weight excluding hydrogens is 292 g/mol. The van der Waals surface area contributed by atoms with E-state index < -0.39 is 0 Å². The lowest BCUT2D eigenvalue weighted by Gasteiger charge is -2.48. The molecule has 0 radical (unpaired) electrons. The lowest BCUT2D eigenvalue weighted by atomic mass is 9.76. The Morgan fingerprint density at radius 2 is 2.00 bits per heavy atom. The topological polar surface area (TPSA) is 50.8 Å². The number of amides is 1. The number of carbonyl (C=O) groups excluding carboxylic acids is 1. The molecule has 1 N–H and O–H groups in total. The molecule has 3 atom stereocenters. The van der Waals surface area contributed by atoms with Crippen LogP contribution in [0.4, 0.5) is 0 Å². The third kappa shape index (κ3) is 2.21. The Bertz CT molecular complexity index is 631. The van der Waals surface area contributed by atoms with Crippen molar-refractivity contribution in [2.75, 3.05) is 27.3 Å². The van der Waals surface area contributed by atoms with Gasteiger partial charge >= 0.3 is 0 Å². The van der Waals surface area contributed by atoms with Gasteiger partial charge in [-0.25, -0.2) is 0 Å². The number of benzene rings is 1. The molecule has 2 fully saturated rings. The van der Waals surface area contributed by atoms with E-state index in [1.54, 1.807) is 14.2 Å². The minimum Gasteiger partial charge on any atom is -0.496 e. The molecule has 5 heteroatoms. The first-order chi connectivity index (χ1) is 11.2. The average molecular weight is 316 g/mol. The van der Waals surface area contributed by atoms with Crippen LogP contribution in [0.5, 0.6) is 11.5 Å². The molecule has 3 aliphatic rings. The molecule has 1 amide bonds. The van der Waals surface area contributed by atoms with Gasteiger partial charge in [0.25, 0.3) is 0 Å². The molecule has 4 rings (SSSR count). The highest BCUT2D eigenvalue weighted by Gasteiger charge is 2.46. The summed E-state index contributed by atoms with van der Waals surface area (Å²) >= 11 is 0. The normalized spacial score (nSPS) is 29.4. The molecule has 0 aromatic heterocycles. The van der Waals surface area contributed by atoms with Crippen molar-refractivity contribution in [3.63, 3.8) is 0 Å². The third-order valence-electron chi connectivity index (χ3n) is 5.69. The van der Waals surface area contributed by atoms with E-state index in [0.29, 0.717) is 11.9 Å². The number of rotatable bonds is 2. The Hall–Kier alpha value is -1.75. The molecule has 2 saturated heterocycles. The first-order valence-electron chi connectivity index (χ1n) is 8.52.